The van der Waals surface area contributed by atoms with Gasteiger partial charge in [-0.05, 0) is 63.4 Å². The fraction of sp³-hybridized carbons (Fsp3) is 0.333. The minimum Gasteiger partial charge on any atom is -0.492 e. The van der Waals surface area contributed by atoms with Gasteiger partial charge < -0.3 is 10.1 Å². The van der Waals surface area contributed by atoms with Crippen LogP contribution in [0.2, 0.25) is 0 Å². The van der Waals surface area contributed by atoms with Gasteiger partial charge >= 0.3 is 0 Å². The summed E-state index contributed by atoms with van der Waals surface area (Å²) in [5.41, 5.74) is 4.30. The lowest BCUT2D eigenvalue weighted by Crippen LogP contribution is -2.33. The van der Waals surface area contributed by atoms with Crippen LogP contribution in [-0.2, 0) is 4.79 Å². The fourth-order valence-electron chi connectivity index (χ4n) is 3.89. The number of carbonyl (C=O) groups is 1. The molecule has 0 spiro atoms. The molecule has 1 N–H and O–H groups in total. The number of carbonyl (C=O) groups excluding carboxylic acids is 1. The number of hydrogen-bond donors (Lipinski definition) is 1. The van der Waals surface area contributed by atoms with E-state index in [9.17, 15) is 9.59 Å². The van der Waals surface area contributed by atoms with E-state index in [1.54, 1.807) is 16.7 Å². The first kappa shape index (κ1) is 20.6. The van der Waals surface area contributed by atoms with Crippen LogP contribution < -0.4 is 15.6 Å². The maximum Gasteiger partial charge on any atom is 0.252 e. The SMILES string of the molecule is CCOc1ccccc1NC(=O)C(CC)n1c(=O)cc(C)c2cc(C)cc(C)c21. The highest BCUT2D eigenvalue weighted by molar-refractivity contribution is 5.96. The fourth-order valence-corrected chi connectivity index (χ4v) is 3.89. The van der Waals surface area contributed by atoms with E-state index < -0.39 is 6.04 Å². The van der Waals surface area contributed by atoms with Crippen molar-refractivity contribution in [3.05, 3.63) is 69.5 Å². The predicted molar refractivity (Wildman–Crippen MR) is 118 cm³/mol. The lowest BCUT2D eigenvalue weighted by molar-refractivity contribution is -0.119. The highest BCUT2D eigenvalue weighted by atomic mass is 16.5. The topological polar surface area (TPSA) is 60.3 Å². The Labute approximate surface area is 171 Å². The van der Waals surface area contributed by atoms with Crippen LogP contribution in [0.15, 0.2) is 47.3 Å². The molecule has 0 saturated carbocycles. The number of benzene rings is 2. The summed E-state index contributed by atoms with van der Waals surface area (Å²) >= 11 is 0. The number of pyridine rings is 1. The third kappa shape index (κ3) is 4.04. The molecule has 152 valence electrons. The Morgan fingerprint density at radius 1 is 1.07 bits per heavy atom. The van der Waals surface area contributed by atoms with Gasteiger partial charge in [-0.25, -0.2) is 0 Å². The molecule has 0 bridgehead atoms. The van der Waals surface area contributed by atoms with Gasteiger partial charge in [-0.15, -0.1) is 0 Å². The molecule has 2 aromatic carbocycles. The Morgan fingerprint density at radius 2 is 1.79 bits per heavy atom. The summed E-state index contributed by atoms with van der Waals surface area (Å²) in [7, 11) is 0. The normalized spacial score (nSPS) is 12.0. The second-order valence-electron chi connectivity index (χ2n) is 7.36. The average molecular weight is 392 g/mol. The van der Waals surface area contributed by atoms with E-state index in [0.717, 1.165) is 27.6 Å². The van der Waals surface area contributed by atoms with Crippen molar-refractivity contribution in [1.82, 2.24) is 4.57 Å². The lowest BCUT2D eigenvalue weighted by atomic mass is 10.0. The number of nitrogens with zero attached hydrogens (tertiary/aromatic N) is 1. The third-order valence-electron chi connectivity index (χ3n) is 5.13. The van der Waals surface area contributed by atoms with Crippen LogP contribution in [0, 0.1) is 20.8 Å². The van der Waals surface area contributed by atoms with E-state index >= 15 is 0 Å². The molecule has 29 heavy (non-hydrogen) atoms. The number of hydrogen-bond acceptors (Lipinski definition) is 3. The number of anilines is 1. The van der Waals surface area contributed by atoms with Crippen LogP contribution >= 0.6 is 0 Å². The Hall–Kier alpha value is -3.08. The highest BCUT2D eigenvalue weighted by Gasteiger charge is 2.24. The van der Waals surface area contributed by atoms with Crippen LogP contribution in [0.1, 0.15) is 43.0 Å². The van der Waals surface area contributed by atoms with Gasteiger partial charge in [0.2, 0.25) is 5.91 Å². The zero-order valence-electron chi connectivity index (χ0n) is 17.7. The van der Waals surface area contributed by atoms with Gasteiger partial charge in [0, 0.05) is 11.5 Å². The number of aromatic nitrogens is 1. The van der Waals surface area contributed by atoms with Gasteiger partial charge in [0.05, 0.1) is 17.8 Å². The van der Waals surface area contributed by atoms with Crippen molar-refractivity contribution in [1.29, 1.82) is 0 Å². The van der Waals surface area contributed by atoms with Crippen LogP contribution in [-0.4, -0.2) is 17.1 Å². The summed E-state index contributed by atoms with van der Waals surface area (Å²) in [6.45, 7) is 10.3. The number of para-hydroxylation sites is 2. The second-order valence-corrected chi connectivity index (χ2v) is 7.36. The first-order valence-corrected chi connectivity index (χ1v) is 10.0. The molecular weight excluding hydrogens is 364 g/mol. The minimum atomic E-state index is -0.623. The summed E-state index contributed by atoms with van der Waals surface area (Å²) in [5, 5.41) is 3.96. The van der Waals surface area contributed by atoms with E-state index in [1.165, 1.54) is 0 Å². The molecule has 0 aliphatic rings. The molecule has 5 heteroatoms. The van der Waals surface area contributed by atoms with E-state index in [1.807, 2.05) is 58.9 Å². The van der Waals surface area contributed by atoms with Crippen molar-refractivity contribution >= 4 is 22.5 Å². The molecule has 1 amide bonds. The third-order valence-corrected chi connectivity index (χ3v) is 5.13. The second kappa shape index (κ2) is 8.52. The Balaban J connectivity index is 2.10. The van der Waals surface area contributed by atoms with Gasteiger partial charge in [0.15, 0.2) is 0 Å². The van der Waals surface area contributed by atoms with Gasteiger partial charge in [-0.2, -0.15) is 0 Å². The van der Waals surface area contributed by atoms with E-state index in [4.69, 9.17) is 4.74 Å². The van der Waals surface area contributed by atoms with Crippen LogP contribution in [0.5, 0.6) is 5.75 Å². The first-order valence-electron chi connectivity index (χ1n) is 10.0. The zero-order valence-corrected chi connectivity index (χ0v) is 17.7. The van der Waals surface area contributed by atoms with Crippen molar-refractivity contribution < 1.29 is 9.53 Å². The average Bonchev–Trinajstić information content (AvgIpc) is 2.67. The quantitative estimate of drug-likeness (QED) is 0.648. The Morgan fingerprint density at radius 3 is 2.48 bits per heavy atom. The zero-order chi connectivity index (χ0) is 21.1. The Kier molecular flexibility index (Phi) is 6.06. The van der Waals surface area contributed by atoms with Gasteiger partial charge in [-0.3, -0.25) is 14.2 Å². The van der Waals surface area contributed by atoms with Crippen LogP contribution in [0.3, 0.4) is 0 Å². The maximum atomic E-state index is 13.2. The number of amides is 1. The number of ether oxygens (including phenoxy) is 1. The van der Waals surface area contributed by atoms with Crippen molar-refractivity contribution in [3.63, 3.8) is 0 Å². The number of fused-ring (bicyclic) bond motifs is 1. The summed E-state index contributed by atoms with van der Waals surface area (Å²) in [6, 6.07) is 12.4. The summed E-state index contributed by atoms with van der Waals surface area (Å²) in [4.78, 5) is 26.2. The first-order chi connectivity index (χ1) is 13.9. The maximum absolute atomic E-state index is 13.2. The summed E-state index contributed by atoms with van der Waals surface area (Å²) in [5.74, 6) is 0.387. The smallest absolute Gasteiger partial charge is 0.252 e. The largest absolute Gasteiger partial charge is 0.492 e. The van der Waals surface area contributed by atoms with Crippen molar-refractivity contribution in [2.45, 2.75) is 47.1 Å². The molecule has 0 radical (unpaired) electrons. The molecule has 1 aromatic heterocycles. The molecule has 0 saturated heterocycles. The molecule has 1 heterocycles. The molecule has 1 unspecified atom stereocenters. The molecular formula is C24H28N2O3. The van der Waals surface area contributed by atoms with Crippen LogP contribution in [0.25, 0.3) is 10.9 Å². The van der Waals surface area contributed by atoms with Crippen molar-refractivity contribution in [3.8, 4) is 5.75 Å². The molecule has 3 aromatic rings. The molecule has 1 atom stereocenters. The van der Waals surface area contributed by atoms with Crippen molar-refractivity contribution in [2.75, 3.05) is 11.9 Å². The number of aryl methyl sites for hydroxylation is 3. The Bertz CT molecular complexity index is 1120. The summed E-state index contributed by atoms with van der Waals surface area (Å²) < 4.78 is 7.25. The van der Waals surface area contributed by atoms with E-state index in [2.05, 4.69) is 11.4 Å². The number of rotatable bonds is 6. The molecule has 0 aliphatic carbocycles. The van der Waals surface area contributed by atoms with E-state index in [-0.39, 0.29) is 11.5 Å². The highest BCUT2D eigenvalue weighted by Crippen LogP contribution is 2.28. The standard InChI is InChI=1S/C24H28N2O3/c1-6-20(24(28)25-19-10-8-9-11-21(19)29-7-2)26-22(27)14-16(4)18-13-15(3)12-17(5)23(18)26/h8-14,20H,6-7H2,1-5H3,(H,25,28). The predicted octanol–water partition coefficient (Wildman–Crippen LogP) is 4.92. The number of nitrogens with one attached hydrogen (secondary N) is 1. The lowest BCUT2D eigenvalue weighted by Gasteiger charge is -2.23. The minimum absolute atomic E-state index is 0.165. The van der Waals surface area contributed by atoms with Crippen LogP contribution in [0.4, 0.5) is 5.69 Å². The molecule has 0 fully saturated rings. The molecule has 5 nitrogen and oxygen atoms in total. The molecule has 0 aliphatic heterocycles. The van der Waals surface area contributed by atoms with Gasteiger partial charge in [-0.1, -0.05) is 30.7 Å². The van der Waals surface area contributed by atoms with Gasteiger partial charge in [0.1, 0.15) is 11.8 Å². The van der Waals surface area contributed by atoms with Gasteiger partial charge in [0.25, 0.3) is 5.56 Å². The summed E-state index contributed by atoms with van der Waals surface area (Å²) in [6.07, 6.45) is 0.494. The monoisotopic (exact) mass is 392 g/mol. The molecule has 3 rings (SSSR count). The van der Waals surface area contributed by atoms with Crippen molar-refractivity contribution in [2.24, 2.45) is 0 Å². The van der Waals surface area contributed by atoms with E-state index in [0.29, 0.717) is 24.5 Å².